The molecule has 0 fully saturated rings. The summed E-state index contributed by atoms with van der Waals surface area (Å²) in [6, 6.07) is 10.2. The third-order valence-electron chi connectivity index (χ3n) is 4.07. The van der Waals surface area contributed by atoms with Crippen molar-refractivity contribution in [1.82, 2.24) is 5.32 Å². The van der Waals surface area contributed by atoms with Crippen LogP contribution >= 0.6 is 12.4 Å². The number of nitrogens with two attached hydrogens (primary N) is 1. The van der Waals surface area contributed by atoms with E-state index < -0.39 is 0 Å². The van der Waals surface area contributed by atoms with E-state index >= 15 is 0 Å². The lowest BCUT2D eigenvalue weighted by Gasteiger charge is -2.21. The second-order valence-corrected chi connectivity index (χ2v) is 5.91. The van der Waals surface area contributed by atoms with E-state index in [4.69, 9.17) is 10.2 Å². The monoisotopic (exact) mass is 379 g/mol. The molecule has 3 N–H and O–H groups in total. The van der Waals surface area contributed by atoms with Crippen molar-refractivity contribution in [2.45, 2.75) is 32.2 Å². The van der Waals surface area contributed by atoms with Crippen LogP contribution in [0.1, 0.15) is 47.1 Å². The van der Waals surface area contributed by atoms with E-state index in [2.05, 4.69) is 12.2 Å². The van der Waals surface area contributed by atoms with Crippen LogP contribution < -0.4 is 16.0 Å². The van der Waals surface area contributed by atoms with E-state index in [1.54, 1.807) is 43.4 Å². The molecule has 1 atom stereocenters. The Hall–Kier alpha value is -2.31. The van der Waals surface area contributed by atoms with E-state index in [1.165, 1.54) is 11.2 Å². The molecule has 0 spiro atoms. The van der Waals surface area contributed by atoms with E-state index in [-0.39, 0.29) is 36.0 Å². The largest absolute Gasteiger partial charge is 0.459 e. The maximum atomic E-state index is 12.7. The maximum Gasteiger partial charge on any atom is 0.293 e. The average Bonchev–Trinajstić information content (AvgIpc) is 3.18. The van der Waals surface area contributed by atoms with Crippen molar-refractivity contribution in [2.75, 3.05) is 18.5 Å². The number of furan rings is 1. The van der Waals surface area contributed by atoms with Gasteiger partial charge in [0, 0.05) is 19.6 Å². The van der Waals surface area contributed by atoms with Gasteiger partial charge in [-0.2, -0.15) is 0 Å². The number of hydrogen-bond donors (Lipinski definition) is 2. The molecule has 0 aliphatic heterocycles. The standard InChI is InChI=1S/C19H25N3O3.ClH/c1-3-4-8-14(13-20)21-18(23)15-9-5-6-10-16(15)22(2)19(24)17-11-7-12-25-17;/h5-7,9-12,14H,3-4,8,13,20H2,1-2H3,(H,21,23);1H. The number of rotatable bonds is 8. The number of para-hydroxylation sites is 1. The molecular formula is C19H26ClN3O3. The van der Waals surface area contributed by atoms with Crippen LogP contribution in [0.3, 0.4) is 0 Å². The Bertz CT molecular complexity index is 704. The Labute approximate surface area is 160 Å². The zero-order valence-corrected chi connectivity index (χ0v) is 15.9. The van der Waals surface area contributed by atoms with Gasteiger partial charge in [-0.3, -0.25) is 9.59 Å². The minimum atomic E-state index is -0.313. The minimum absolute atomic E-state index is 0. The van der Waals surface area contributed by atoms with Crippen molar-refractivity contribution in [2.24, 2.45) is 5.73 Å². The average molecular weight is 380 g/mol. The zero-order chi connectivity index (χ0) is 18.2. The quantitative estimate of drug-likeness (QED) is 0.737. The molecule has 2 rings (SSSR count). The number of unbranched alkanes of at least 4 members (excludes halogenated alkanes) is 1. The van der Waals surface area contributed by atoms with Gasteiger partial charge >= 0.3 is 0 Å². The molecule has 1 heterocycles. The summed E-state index contributed by atoms with van der Waals surface area (Å²) in [6.07, 6.45) is 4.32. The molecule has 26 heavy (non-hydrogen) atoms. The van der Waals surface area contributed by atoms with E-state index in [0.29, 0.717) is 17.8 Å². The Kier molecular flexibility index (Phi) is 8.88. The number of anilines is 1. The Morgan fingerprint density at radius 1 is 1.23 bits per heavy atom. The number of nitrogens with zero attached hydrogens (tertiary/aromatic N) is 1. The molecule has 0 aliphatic rings. The number of halogens is 1. The maximum absolute atomic E-state index is 12.7. The van der Waals surface area contributed by atoms with Crippen LogP contribution in [0.5, 0.6) is 0 Å². The molecule has 0 radical (unpaired) electrons. The molecule has 0 saturated carbocycles. The highest BCUT2D eigenvalue weighted by molar-refractivity contribution is 6.09. The summed E-state index contributed by atoms with van der Waals surface area (Å²) in [6.45, 7) is 2.48. The Balaban J connectivity index is 0.00000338. The molecular weight excluding hydrogens is 354 g/mol. The van der Waals surface area contributed by atoms with Crippen molar-refractivity contribution in [3.63, 3.8) is 0 Å². The number of carbonyl (C=O) groups excluding carboxylic acids is 2. The number of carbonyl (C=O) groups is 2. The third kappa shape index (κ3) is 5.34. The lowest BCUT2D eigenvalue weighted by Crippen LogP contribution is -2.41. The van der Waals surface area contributed by atoms with E-state index in [0.717, 1.165) is 19.3 Å². The first-order valence-electron chi connectivity index (χ1n) is 8.50. The molecule has 1 aromatic heterocycles. The third-order valence-corrected chi connectivity index (χ3v) is 4.07. The summed E-state index contributed by atoms with van der Waals surface area (Å²) in [7, 11) is 1.62. The second kappa shape index (κ2) is 10.6. The van der Waals surface area contributed by atoms with Crippen LogP contribution in [-0.4, -0.2) is 31.4 Å². The van der Waals surface area contributed by atoms with Crippen LogP contribution in [0.25, 0.3) is 0 Å². The molecule has 6 nitrogen and oxygen atoms in total. The number of benzene rings is 1. The lowest BCUT2D eigenvalue weighted by molar-refractivity contribution is 0.0936. The van der Waals surface area contributed by atoms with Gasteiger partial charge in [0.15, 0.2) is 5.76 Å². The zero-order valence-electron chi connectivity index (χ0n) is 15.1. The fourth-order valence-corrected chi connectivity index (χ4v) is 2.60. The first kappa shape index (κ1) is 21.7. The van der Waals surface area contributed by atoms with Gasteiger partial charge in [-0.15, -0.1) is 12.4 Å². The van der Waals surface area contributed by atoms with Gasteiger partial charge < -0.3 is 20.4 Å². The van der Waals surface area contributed by atoms with Gasteiger partial charge in [-0.05, 0) is 30.7 Å². The molecule has 142 valence electrons. The van der Waals surface area contributed by atoms with E-state index in [9.17, 15) is 9.59 Å². The molecule has 1 aromatic carbocycles. The molecule has 2 aromatic rings. The fourth-order valence-electron chi connectivity index (χ4n) is 2.60. The molecule has 2 amide bonds. The van der Waals surface area contributed by atoms with Crippen LogP contribution in [0, 0.1) is 0 Å². The smallest absolute Gasteiger partial charge is 0.293 e. The summed E-state index contributed by atoms with van der Waals surface area (Å²) in [5, 5.41) is 2.96. The van der Waals surface area contributed by atoms with Gasteiger partial charge in [-0.25, -0.2) is 0 Å². The molecule has 0 aliphatic carbocycles. The second-order valence-electron chi connectivity index (χ2n) is 5.91. The predicted octanol–water partition coefficient (Wildman–Crippen LogP) is 3.23. The number of hydrogen-bond acceptors (Lipinski definition) is 4. The summed E-state index contributed by atoms with van der Waals surface area (Å²) in [4.78, 5) is 26.6. The summed E-state index contributed by atoms with van der Waals surface area (Å²) < 4.78 is 5.16. The van der Waals surface area contributed by atoms with Gasteiger partial charge in [0.1, 0.15) is 0 Å². The van der Waals surface area contributed by atoms with Crippen LogP contribution in [0.2, 0.25) is 0 Å². The van der Waals surface area contributed by atoms with Crippen molar-refractivity contribution < 1.29 is 14.0 Å². The SMILES string of the molecule is CCCCC(CN)NC(=O)c1ccccc1N(C)C(=O)c1ccco1.Cl. The van der Waals surface area contributed by atoms with Crippen LogP contribution in [0.4, 0.5) is 5.69 Å². The number of nitrogens with one attached hydrogen (secondary N) is 1. The van der Waals surface area contributed by atoms with Gasteiger partial charge in [0.2, 0.25) is 0 Å². The summed E-state index contributed by atoms with van der Waals surface area (Å²) in [5.41, 5.74) is 6.71. The minimum Gasteiger partial charge on any atom is -0.459 e. The molecule has 0 saturated heterocycles. The van der Waals surface area contributed by atoms with Crippen molar-refractivity contribution in [3.8, 4) is 0 Å². The first-order valence-corrected chi connectivity index (χ1v) is 8.50. The lowest BCUT2D eigenvalue weighted by atomic mass is 10.1. The molecule has 0 bridgehead atoms. The molecule has 1 unspecified atom stereocenters. The van der Waals surface area contributed by atoms with Crippen molar-refractivity contribution in [3.05, 3.63) is 54.0 Å². The van der Waals surface area contributed by atoms with E-state index in [1.807, 2.05) is 0 Å². The van der Waals surface area contributed by atoms with Crippen molar-refractivity contribution in [1.29, 1.82) is 0 Å². The summed E-state index contributed by atoms with van der Waals surface area (Å²) >= 11 is 0. The highest BCUT2D eigenvalue weighted by Gasteiger charge is 2.22. The first-order chi connectivity index (χ1) is 12.1. The predicted molar refractivity (Wildman–Crippen MR) is 105 cm³/mol. The Morgan fingerprint density at radius 2 is 1.96 bits per heavy atom. The van der Waals surface area contributed by atoms with Gasteiger partial charge in [0.25, 0.3) is 11.8 Å². The normalized spacial score (nSPS) is 11.3. The number of amides is 2. The highest BCUT2D eigenvalue weighted by Crippen LogP contribution is 2.21. The summed E-state index contributed by atoms with van der Waals surface area (Å²) in [5.74, 6) is -0.326. The molecule has 7 heteroatoms. The fraction of sp³-hybridized carbons (Fsp3) is 0.368. The highest BCUT2D eigenvalue weighted by atomic mass is 35.5. The van der Waals surface area contributed by atoms with Crippen molar-refractivity contribution >= 4 is 29.9 Å². The Morgan fingerprint density at radius 3 is 2.58 bits per heavy atom. The van der Waals surface area contributed by atoms with Gasteiger partial charge in [0.05, 0.1) is 17.5 Å². The van der Waals surface area contributed by atoms with Crippen LogP contribution in [0.15, 0.2) is 47.1 Å². The van der Waals surface area contributed by atoms with Crippen LogP contribution in [-0.2, 0) is 0 Å². The topological polar surface area (TPSA) is 88.6 Å². The van der Waals surface area contributed by atoms with Gasteiger partial charge in [-0.1, -0.05) is 31.9 Å².